The topological polar surface area (TPSA) is 236 Å². The molecule has 0 bridgehead atoms. The summed E-state index contributed by atoms with van der Waals surface area (Å²) < 4.78 is 41.8. The van der Waals surface area contributed by atoms with E-state index in [9.17, 15) is 56.7 Å². The molecule has 3 aromatic carbocycles. The van der Waals surface area contributed by atoms with E-state index in [-0.39, 0.29) is 66.9 Å². The van der Waals surface area contributed by atoms with Crippen LogP contribution in [0.5, 0.6) is 0 Å². The first-order valence-corrected chi connectivity index (χ1v) is 26.2. The zero-order valence-electron chi connectivity index (χ0n) is 38.8. The number of nitrogens with one attached hydrogen (secondary N) is 3. The van der Waals surface area contributed by atoms with Crippen LogP contribution in [0.4, 0.5) is 14.5 Å². The highest BCUT2D eigenvalue weighted by Crippen LogP contribution is 2.59. The van der Waals surface area contributed by atoms with Crippen molar-refractivity contribution in [3.05, 3.63) is 93.3 Å². The molecule has 71 heavy (non-hydrogen) atoms. The van der Waals surface area contributed by atoms with Crippen LogP contribution in [0, 0.1) is 17.3 Å². The number of thiazole rings is 1. The van der Waals surface area contributed by atoms with E-state index < -0.39 is 66.0 Å². The lowest BCUT2D eigenvalue weighted by Gasteiger charge is -2.36. The number of amides is 7. The van der Waals surface area contributed by atoms with Crippen LogP contribution in [0.3, 0.4) is 0 Å². The summed E-state index contributed by atoms with van der Waals surface area (Å²) in [5.74, 6) is 3.18. The number of unbranched alkanes of at least 4 members (excludes halogenated alkanes) is 1. The number of nitrogens with zero attached hydrogens (tertiary/aromatic N) is 4. The fourth-order valence-corrected chi connectivity index (χ4v) is 11.1. The molecule has 3 aliphatic rings. The molecular weight excluding hydrogens is 980 g/mol. The fraction of sp³-hybridized carbons (Fsp3) is 0.388. The third kappa shape index (κ3) is 10.8. The van der Waals surface area contributed by atoms with Gasteiger partial charge in [-0.25, -0.2) is 4.98 Å². The Hall–Kier alpha value is -6.43. The number of thiophene rings is 1. The minimum atomic E-state index is -5.84. The molecule has 0 radical (unpaired) electrons. The molecule has 372 valence electrons. The van der Waals surface area contributed by atoms with E-state index in [0.29, 0.717) is 59.3 Å². The molecule has 22 heteroatoms. The van der Waals surface area contributed by atoms with Crippen molar-refractivity contribution >= 4 is 97.6 Å². The van der Waals surface area contributed by atoms with Crippen molar-refractivity contribution in [2.24, 2.45) is 5.41 Å². The molecule has 3 aliphatic heterocycles. The van der Waals surface area contributed by atoms with Crippen LogP contribution in [-0.2, 0) is 40.7 Å². The molecule has 5 aromatic rings. The van der Waals surface area contributed by atoms with Gasteiger partial charge in [0.05, 0.1) is 20.6 Å². The first-order chi connectivity index (χ1) is 33.6. The highest BCUT2D eigenvalue weighted by atomic mass is 32.1. The number of likely N-dealkylation sites (tertiary alicyclic amines) is 1. The van der Waals surface area contributed by atoms with Crippen molar-refractivity contribution in [3.63, 3.8) is 0 Å². The van der Waals surface area contributed by atoms with Gasteiger partial charge < -0.3 is 35.1 Å². The Morgan fingerprint density at radius 3 is 2.56 bits per heavy atom. The Labute approximate surface area is 414 Å². The van der Waals surface area contributed by atoms with Gasteiger partial charge in [-0.3, -0.25) is 43.4 Å². The summed E-state index contributed by atoms with van der Waals surface area (Å²) in [7, 11) is -5.84. The third-order valence-corrected chi connectivity index (χ3v) is 15.6. The maximum absolute atomic E-state index is 14.7. The highest BCUT2D eigenvalue weighted by molar-refractivity contribution is 7.52. The number of hydrogen-bond donors (Lipinski definition) is 5. The Kier molecular flexibility index (Phi) is 14.6. The molecule has 5 N–H and O–H groups in total. The van der Waals surface area contributed by atoms with Gasteiger partial charge in [-0.1, -0.05) is 44.7 Å². The highest BCUT2D eigenvalue weighted by Gasteiger charge is 2.50. The van der Waals surface area contributed by atoms with E-state index in [4.69, 9.17) is 0 Å². The number of imide groups is 1. The van der Waals surface area contributed by atoms with E-state index in [2.05, 4.69) is 32.8 Å². The molecule has 0 spiro atoms. The van der Waals surface area contributed by atoms with E-state index in [1.165, 1.54) is 38.2 Å². The second-order valence-corrected chi connectivity index (χ2v) is 22.3. The lowest BCUT2D eigenvalue weighted by atomic mass is 9.85. The molecule has 2 fully saturated rings. The molecule has 0 aliphatic carbocycles. The summed E-state index contributed by atoms with van der Waals surface area (Å²) in [5.41, 5.74) is -1.47. The van der Waals surface area contributed by atoms with Crippen LogP contribution in [0.15, 0.2) is 66.2 Å². The van der Waals surface area contributed by atoms with Crippen molar-refractivity contribution in [2.45, 2.75) is 96.1 Å². The first kappa shape index (κ1) is 50.9. The standard InChI is InChI=1S/C49H50F2N7O10PS2/c1-48(2,3)42(55-44(62)39-24-29-23-30(13-17-37(29)71-39)49(50,51)69(66,67)68)47(65)57-21-8-12-36(57)46(64)56(31-14-15-34-38(25-31)70-27-53-34)22-19-40(59)52-20-6-4-5-9-28-10-7-11-32-33(28)26-58(45(32)63)35-16-18-41(60)54-43(35)61/h7,10-11,13-15,17,23-25,27,35-36,42H,4,6,8,12,16,18-22,26H2,1-3H3,(H,52,59)(H,55,62)(H,54,60,61)(H2,66,67,68). The number of piperidine rings is 1. The summed E-state index contributed by atoms with van der Waals surface area (Å²) in [5, 5.41) is 8.16. The molecule has 0 saturated carbocycles. The molecule has 8 rings (SSSR count). The number of carbonyl (C=O) groups excluding carboxylic acids is 7. The number of anilines is 1. The van der Waals surface area contributed by atoms with Crippen LogP contribution >= 0.6 is 30.3 Å². The normalized spacial score (nSPS) is 17.7. The van der Waals surface area contributed by atoms with Gasteiger partial charge in [0.25, 0.3) is 11.8 Å². The second kappa shape index (κ2) is 20.4. The maximum atomic E-state index is 14.7. The molecule has 3 atom stereocenters. The minimum Gasteiger partial charge on any atom is -0.356 e. The summed E-state index contributed by atoms with van der Waals surface area (Å²) in [6.45, 7) is 5.95. The predicted octanol–water partition coefficient (Wildman–Crippen LogP) is 6.01. The summed E-state index contributed by atoms with van der Waals surface area (Å²) in [6, 6.07) is 12.1. The lowest BCUT2D eigenvalue weighted by molar-refractivity contribution is -0.141. The van der Waals surface area contributed by atoms with Crippen molar-refractivity contribution in [2.75, 3.05) is 24.5 Å². The maximum Gasteiger partial charge on any atom is 0.399 e. The minimum absolute atomic E-state index is 0.0197. The van der Waals surface area contributed by atoms with Crippen LogP contribution in [-0.4, -0.2) is 104 Å². The molecule has 17 nitrogen and oxygen atoms in total. The molecule has 5 heterocycles. The Morgan fingerprint density at radius 2 is 1.82 bits per heavy atom. The van der Waals surface area contributed by atoms with Gasteiger partial charge in [0.15, 0.2) is 0 Å². The van der Waals surface area contributed by atoms with Gasteiger partial charge >= 0.3 is 13.3 Å². The summed E-state index contributed by atoms with van der Waals surface area (Å²) >= 11 is 2.34. The number of hydrogen-bond acceptors (Lipinski definition) is 11. The van der Waals surface area contributed by atoms with Crippen molar-refractivity contribution in [1.29, 1.82) is 0 Å². The van der Waals surface area contributed by atoms with Gasteiger partial charge in [-0.15, -0.1) is 22.7 Å². The number of carbonyl (C=O) groups is 7. The van der Waals surface area contributed by atoms with Gasteiger partial charge in [-0.2, -0.15) is 8.78 Å². The molecule has 2 saturated heterocycles. The Morgan fingerprint density at radius 1 is 1.03 bits per heavy atom. The average molecular weight is 1030 g/mol. The Bertz CT molecular complexity index is 3100. The summed E-state index contributed by atoms with van der Waals surface area (Å²) in [6.07, 6.45) is 2.07. The zero-order valence-corrected chi connectivity index (χ0v) is 41.4. The summed E-state index contributed by atoms with van der Waals surface area (Å²) in [4.78, 5) is 121. The van der Waals surface area contributed by atoms with Crippen molar-refractivity contribution < 1.29 is 56.7 Å². The largest absolute Gasteiger partial charge is 0.399 e. The molecule has 7 amide bonds. The van der Waals surface area contributed by atoms with Crippen LogP contribution in [0.1, 0.15) is 102 Å². The number of rotatable bonds is 14. The van der Waals surface area contributed by atoms with E-state index in [0.717, 1.165) is 33.7 Å². The zero-order chi connectivity index (χ0) is 51.0. The molecule has 2 aromatic heterocycles. The fourth-order valence-electron chi connectivity index (χ4n) is 8.94. The van der Waals surface area contributed by atoms with Crippen LogP contribution in [0.25, 0.3) is 20.3 Å². The number of benzene rings is 3. The SMILES string of the molecule is CC(C)(C)C(NC(=O)c1cc2cc(C(F)(F)P(=O)(O)O)ccc2s1)C(=O)N1CCCC1C(=O)N(CCC(=O)NCCCC#Cc1cccc2c1CN(C1CCC(=O)NC1=O)C2=O)c1ccc2ncsc2c1. The lowest BCUT2D eigenvalue weighted by Crippen LogP contribution is -2.58. The van der Waals surface area contributed by atoms with E-state index in [1.807, 2.05) is 6.07 Å². The third-order valence-electron chi connectivity index (χ3n) is 12.7. The second-order valence-electron chi connectivity index (χ2n) is 18.6. The molecule has 3 unspecified atom stereocenters. The Balaban J connectivity index is 0.905. The van der Waals surface area contributed by atoms with E-state index in [1.54, 1.807) is 56.6 Å². The van der Waals surface area contributed by atoms with E-state index >= 15 is 0 Å². The monoisotopic (exact) mass is 1030 g/mol. The smallest absolute Gasteiger partial charge is 0.356 e. The van der Waals surface area contributed by atoms with Gasteiger partial charge in [0.2, 0.25) is 29.5 Å². The predicted molar refractivity (Wildman–Crippen MR) is 261 cm³/mol. The van der Waals surface area contributed by atoms with Crippen molar-refractivity contribution in [1.82, 2.24) is 30.7 Å². The number of aromatic nitrogens is 1. The van der Waals surface area contributed by atoms with Crippen molar-refractivity contribution in [3.8, 4) is 11.8 Å². The number of halogens is 2. The average Bonchev–Trinajstić information content (AvgIpc) is 4.15. The molecular formula is C49H50F2N7O10PS2. The van der Waals surface area contributed by atoms with Gasteiger partial charge in [-0.05, 0) is 90.6 Å². The van der Waals surface area contributed by atoms with Crippen LogP contribution in [0.2, 0.25) is 0 Å². The van der Waals surface area contributed by atoms with Gasteiger partial charge in [0, 0.05) is 72.5 Å². The number of fused-ring (bicyclic) bond motifs is 3. The number of alkyl halides is 2. The first-order valence-electron chi connectivity index (χ1n) is 22.9. The van der Waals surface area contributed by atoms with Gasteiger partial charge in [0.1, 0.15) is 18.1 Å². The van der Waals surface area contributed by atoms with Crippen LogP contribution < -0.4 is 20.9 Å². The quantitative estimate of drug-likeness (QED) is 0.0374.